The molecular formula is C24H36O4. The lowest BCUT2D eigenvalue weighted by molar-refractivity contribution is -0.213. The van der Waals surface area contributed by atoms with Gasteiger partial charge in [0, 0.05) is 5.41 Å². The quantitative estimate of drug-likeness (QED) is 0.677. The third-order valence-electron chi connectivity index (χ3n) is 9.59. The molecule has 3 saturated carbocycles. The van der Waals surface area contributed by atoms with E-state index in [4.69, 9.17) is 9.47 Å². The first-order valence-electron chi connectivity index (χ1n) is 11.3. The van der Waals surface area contributed by atoms with Crippen LogP contribution in [0, 0.1) is 28.6 Å². The maximum atomic E-state index is 13.0. The summed E-state index contributed by atoms with van der Waals surface area (Å²) in [6, 6.07) is 0. The number of hydrogen-bond donors (Lipinski definition) is 1. The Bertz CT molecular complexity index is 741. The minimum atomic E-state index is -0.792. The zero-order valence-corrected chi connectivity index (χ0v) is 18.1. The van der Waals surface area contributed by atoms with Gasteiger partial charge in [0.15, 0.2) is 17.2 Å². The minimum absolute atomic E-state index is 0.125. The number of hydrogen-bond acceptors (Lipinski definition) is 4. The highest BCUT2D eigenvalue weighted by Crippen LogP contribution is 2.70. The highest BCUT2D eigenvalue weighted by Gasteiger charge is 2.74. The molecule has 0 bridgehead atoms. The molecule has 156 valence electrons. The monoisotopic (exact) mass is 388 g/mol. The van der Waals surface area contributed by atoms with Crippen LogP contribution < -0.4 is 0 Å². The zero-order valence-electron chi connectivity index (χ0n) is 18.1. The maximum absolute atomic E-state index is 13.0. The van der Waals surface area contributed by atoms with E-state index in [1.807, 2.05) is 13.8 Å². The van der Waals surface area contributed by atoms with Crippen molar-refractivity contribution in [3.63, 3.8) is 0 Å². The van der Waals surface area contributed by atoms with Gasteiger partial charge in [0.25, 0.3) is 0 Å². The van der Waals surface area contributed by atoms with Crippen LogP contribution in [-0.4, -0.2) is 34.5 Å². The number of Topliss-reactive ketones (excluding diaryl/α,β-unsaturated/α-hetero) is 1. The summed E-state index contributed by atoms with van der Waals surface area (Å²) >= 11 is 0. The Hall–Kier alpha value is -0.710. The van der Waals surface area contributed by atoms with Crippen LogP contribution in [0.15, 0.2) is 11.6 Å². The predicted octanol–water partition coefficient (Wildman–Crippen LogP) is 4.40. The van der Waals surface area contributed by atoms with Crippen LogP contribution in [0.5, 0.6) is 0 Å². The predicted molar refractivity (Wildman–Crippen MR) is 107 cm³/mol. The molecule has 1 heterocycles. The van der Waals surface area contributed by atoms with E-state index in [1.54, 1.807) is 6.92 Å². The van der Waals surface area contributed by atoms with Gasteiger partial charge in [-0.15, -0.1) is 0 Å². The number of ether oxygens (including phenoxy) is 2. The molecule has 0 aromatic heterocycles. The minimum Gasteiger partial charge on any atom is -0.393 e. The van der Waals surface area contributed by atoms with Crippen molar-refractivity contribution in [2.24, 2.45) is 28.6 Å². The molecule has 0 amide bonds. The van der Waals surface area contributed by atoms with Crippen molar-refractivity contribution in [3.8, 4) is 0 Å². The lowest BCUT2D eigenvalue weighted by Gasteiger charge is -2.59. The van der Waals surface area contributed by atoms with Crippen LogP contribution in [0.25, 0.3) is 0 Å². The molecule has 4 nitrogen and oxygen atoms in total. The largest absolute Gasteiger partial charge is 0.393 e. The lowest BCUT2D eigenvalue weighted by Crippen LogP contribution is -2.59. The number of allylic oxidation sites excluding steroid dienone is 1. The third-order valence-corrected chi connectivity index (χ3v) is 9.59. The number of carbonyl (C=O) groups is 1. The van der Waals surface area contributed by atoms with Gasteiger partial charge in [0.1, 0.15) is 0 Å². The smallest absolute Gasteiger partial charge is 0.164 e. The summed E-state index contributed by atoms with van der Waals surface area (Å²) in [4.78, 5) is 13.0. The van der Waals surface area contributed by atoms with E-state index in [1.165, 1.54) is 5.57 Å². The maximum Gasteiger partial charge on any atom is 0.164 e. The van der Waals surface area contributed by atoms with Gasteiger partial charge in [0.05, 0.1) is 12.2 Å². The van der Waals surface area contributed by atoms with Crippen LogP contribution >= 0.6 is 0 Å². The number of fused-ring (bicyclic) bond motifs is 7. The highest BCUT2D eigenvalue weighted by molar-refractivity contribution is 5.88. The fraction of sp³-hybridized carbons (Fsp3) is 0.875. The van der Waals surface area contributed by atoms with E-state index in [-0.39, 0.29) is 28.8 Å². The van der Waals surface area contributed by atoms with E-state index in [0.29, 0.717) is 17.8 Å². The average molecular weight is 389 g/mol. The number of carbonyl (C=O) groups excluding carboxylic acids is 1. The Kier molecular flexibility index (Phi) is 3.93. The average Bonchev–Trinajstić information content (AvgIpc) is 3.02. The number of aliphatic hydroxyl groups is 1. The second-order valence-corrected chi connectivity index (χ2v) is 11.2. The van der Waals surface area contributed by atoms with Crippen molar-refractivity contribution >= 4 is 5.78 Å². The molecule has 0 radical (unpaired) electrons. The molecule has 1 N–H and O–H groups in total. The van der Waals surface area contributed by atoms with Crippen LogP contribution in [0.1, 0.15) is 79.6 Å². The molecule has 1 aliphatic heterocycles. The summed E-state index contributed by atoms with van der Waals surface area (Å²) in [5.41, 5.74) is 0.754. The summed E-state index contributed by atoms with van der Waals surface area (Å²) in [6.07, 6.45) is 9.19. The van der Waals surface area contributed by atoms with Crippen LogP contribution in [0.2, 0.25) is 0 Å². The van der Waals surface area contributed by atoms with Crippen LogP contribution in [0.3, 0.4) is 0 Å². The zero-order chi connectivity index (χ0) is 20.1. The van der Waals surface area contributed by atoms with Gasteiger partial charge in [-0.3, -0.25) is 4.79 Å². The van der Waals surface area contributed by atoms with Crippen molar-refractivity contribution in [1.29, 1.82) is 0 Å². The van der Waals surface area contributed by atoms with Gasteiger partial charge in [-0.2, -0.15) is 0 Å². The molecule has 4 aliphatic carbocycles. The van der Waals surface area contributed by atoms with Crippen LogP contribution in [0.4, 0.5) is 0 Å². The topological polar surface area (TPSA) is 55.8 Å². The van der Waals surface area contributed by atoms with Gasteiger partial charge < -0.3 is 14.6 Å². The molecule has 0 unspecified atom stereocenters. The second kappa shape index (κ2) is 5.70. The molecule has 0 aromatic rings. The Labute approximate surface area is 169 Å². The summed E-state index contributed by atoms with van der Waals surface area (Å²) in [7, 11) is 0. The normalized spacial score (nSPS) is 54.2. The number of aliphatic hydroxyl groups excluding tert-OH is 1. The molecule has 28 heavy (non-hydrogen) atoms. The SMILES string of the molecule is CC(=O)[C@@]12OC(C)(C)O[C@@H]1C[C@@H]1[C@H]3CC=C4C[C@@H](O)CC[C@]4(C)[C@H]3CC[C@@]12C. The molecule has 1 saturated heterocycles. The van der Waals surface area contributed by atoms with Crippen molar-refractivity contribution in [2.75, 3.05) is 0 Å². The third kappa shape index (κ3) is 2.20. The summed E-state index contributed by atoms with van der Waals surface area (Å²) < 4.78 is 12.8. The highest BCUT2D eigenvalue weighted by atomic mass is 16.8. The molecule has 8 atom stereocenters. The summed E-state index contributed by atoms with van der Waals surface area (Å²) in [5.74, 6) is 1.14. The van der Waals surface area contributed by atoms with E-state index in [2.05, 4.69) is 19.9 Å². The fourth-order valence-corrected chi connectivity index (χ4v) is 8.39. The number of rotatable bonds is 1. The molecule has 4 heteroatoms. The summed E-state index contributed by atoms with van der Waals surface area (Å²) in [6.45, 7) is 10.4. The van der Waals surface area contributed by atoms with Crippen molar-refractivity contribution < 1.29 is 19.4 Å². The lowest BCUT2D eigenvalue weighted by atomic mass is 9.46. The number of ketones is 1. The first-order valence-corrected chi connectivity index (χ1v) is 11.3. The van der Waals surface area contributed by atoms with Crippen molar-refractivity contribution in [2.45, 2.75) is 103 Å². The van der Waals surface area contributed by atoms with Crippen molar-refractivity contribution in [1.82, 2.24) is 0 Å². The van der Waals surface area contributed by atoms with Crippen LogP contribution in [-0.2, 0) is 14.3 Å². The summed E-state index contributed by atoms with van der Waals surface area (Å²) in [5, 5.41) is 10.2. The van der Waals surface area contributed by atoms with Gasteiger partial charge in [-0.25, -0.2) is 0 Å². The first kappa shape index (κ1) is 19.3. The van der Waals surface area contributed by atoms with Gasteiger partial charge in [-0.1, -0.05) is 25.5 Å². The Balaban J connectivity index is 1.54. The fourth-order valence-electron chi connectivity index (χ4n) is 8.39. The second-order valence-electron chi connectivity index (χ2n) is 11.2. The Morgan fingerprint density at radius 2 is 1.89 bits per heavy atom. The Morgan fingerprint density at radius 1 is 1.14 bits per heavy atom. The van der Waals surface area contributed by atoms with E-state index in [0.717, 1.165) is 44.9 Å². The van der Waals surface area contributed by atoms with Crippen molar-refractivity contribution in [3.05, 3.63) is 11.6 Å². The molecule has 0 aromatic carbocycles. The molecular weight excluding hydrogens is 352 g/mol. The van der Waals surface area contributed by atoms with E-state index >= 15 is 0 Å². The van der Waals surface area contributed by atoms with Gasteiger partial charge >= 0.3 is 0 Å². The van der Waals surface area contributed by atoms with Gasteiger partial charge in [-0.05, 0) is 88.9 Å². The van der Waals surface area contributed by atoms with E-state index < -0.39 is 11.4 Å². The Morgan fingerprint density at radius 3 is 2.61 bits per heavy atom. The molecule has 4 fully saturated rings. The van der Waals surface area contributed by atoms with Gasteiger partial charge in [0.2, 0.25) is 0 Å². The first-order chi connectivity index (χ1) is 13.0. The molecule has 5 aliphatic rings. The standard InChI is InChI=1S/C24H36O4/c1-14(25)24-20(27-21(2,3)28-24)13-19-17-7-6-15-12-16(26)8-10-22(15,4)18(17)9-11-23(19,24)5/h6,16-20,26H,7-13H2,1-5H3/t16-,17-,18-,19+,20+,22-,23-,24+/m0/s1. The molecule has 0 spiro atoms. The molecule has 5 rings (SSSR count). The van der Waals surface area contributed by atoms with E-state index in [9.17, 15) is 9.90 Å².